The number of benzene rings is 1. The maximum atomic E-state index is 15.6. The van der Waals surface area contributed by atoms with Gasteiger partial charge >= 0.3 is 5.97 Å². The number of piperidine rings is 1. The van der Waals surface area contributed by atoms with E-state index in [1.165, 1.54) is 18.7 Å². The van der Waals surface area contributed by atoms with Gasteiger partial charge in [-0.15, -0.1) is 0 Å². The lowest BCUT2D eigenvalue weighted by Gasteiger charge is -2.38. The summed E-state index contributed by atoms with van der Waals surface area (Å²) in [5, 5.41) is 12.9. The number of likely N-dealkylation sites (N-methyl/N-ethyl adjacent to an activating group) is 1. The molecule has 2 saturated heterocycles. The van der Waals surface area contributed by atoms with Gasteiger partial charge in [-0.1, -0.05) is 6.07 Å². The summed E-state index contributed by atoms with van der Waals surface area (Å²) in [6.07, 6.45) is 5.66. The van der Waals surface area contributed by atoms with Crippen LogP contribution in [-0.2, 0) is 6.54 Å². The fraction of sp³-hybridized carbons (Fsp3) is 0.483. The van der Waals surface area contributed by atoms with Crippen LogP contribution in [0.4, 0.5) is 15.9 Å². The Labute approximate surface area is 232 Å². The van der Waals surface area contributed by atoms with Crippen molar-refractivity contribution < 1.29 is 19.0 Å². The standard InChI is InChI=1S/C29H35FN6O4/c1-18-17-40-28-25-21(27(37)22(29(38)39)16-36(18)25)12-23(30)26(28)34-10-8-33(9-11-34)14-19-5-6-24(32-13-19)35-7-3-4-20(15-35)31-2/h5-6,12-13,16,18,20,31H,3-4,7-11,14-15,17H2,1-2H3,(H,38,39)/t18-,20?/m0/s1. The summed E-state index contributed by atoms with van der Waals surface area (Å²) >= 11 is 0. The first-order chi connectivity index (χ1) is 19.3. The van der Waals surface area contributed by atoms with Crippen LogP contribution in [0.3, 0.4) is 0 Å². The minimum Gasteiger partial charge on any atom is -0.487 e. The number of nitrogens with zero attached hydrogens (tertiary/aromatic N) is 5. The maximum absolute atomic E-state index is 15.6. The van der Waals surface area contributed by atoms with Gasteiger partial charge in [0.05, 0.1) is 16.9 Å². The Morgan fingerprint density at radius 3 is 2.70 bits per heavy atom. The second-order valence-electron chi connectivity index (χ2n) is 11.0. The van der Waals surface area contributed by atoms with E-state index in [-0.39, 0.29) is 23.6 Å². The molecule has 5 heterocycles. The lowest BCUT2D eigenvalue weighted by Crippen LogP contribution is -2.46. The molecule has 0 radical (unpaired) electrons. The minimum atomic E-state index is -1.32. The molecule has 3 aliphatic heterocycles. The molecule has 1 unspecified atom stereocenters. The Morgan fingerprint density at radius 1 is 1.20 bits per heavy atom. The number of hydrogen-bond donors (Lipinski definition) is 2. The number of carboxylic acid groups (broad SMARTS) is 1. The molecule has 0 amide bonds. The summed E-state index contributed by atoms with van der Waals surface area (Å²) in [5.74, 6) is -0.573. The third kappa shape index (κ3) is 4.77. The molecule has 3 aromatic rings. The van der Waals surface area contributed by atoms with Crippen molar-refractivity contribution in [3.63, 3.8) is 0 Å². The largest absolute Gasteiger partial charge is 0.487 e. The average Bonchev–Trinajstić information content (AvgIpc) is 2.96. The zero-order valence-electron chi connectivity index (χ0n) is 22.9. The van der Waals surface area contributed by atoms with Gasteiger partial charge in [0.25, 0.3) is 0 Å². The monoisotopic (exact) mass is 550 g/mol. The number of anilines is 2. The van der Waals surface area contributed by atoms with Crippen molar-refractivity contribution in [2.75, 3.05) is 62.7 Å². The number of carboxylic acids is 1. The molecule has 3 aliphatic rings. The third-order valence-corrected chi connectivity index (χ3v) is 8.43. The Hall–Kier alpha value is -3.70. The molecule has 0 spiro atoms. The van der Waals surface area contributed by atoms with Crippen LogP contribution in [0.5, 0.6) is 5.75 Å². The van der Waals surface area contributed by atoms with E-state index in [0.717, 1.165) is 50.5 Å². The van der Waals surface area contributed by atoms with Gasteiger partial charge in [0, 0.05) is 64.2 Å². The Kier molecular flexibility index (Phi) is 7.09. The van der Waals surface area contributed by atoms with Crippen molar-refractivity contribution in [2.24, 2.45) is 0 Å². The molecule has 212 valence electrons. The highest BCUT2D eigenvalue weighted by Crippen LogP contribution is 2.42. The fourth-order valence-corrected chi connectivity index (χ4v) is 6.16. The van der Waals surface area contributed by atoms with Crippen molar-refractivity contribution in [3.8, 4) is 5.75 Å². The molecule has 0 bridgehead atoms. The molecule has 0 saturated carbocycles. The molecule has 2 atom stereocenters. The SMILES string of the molecule is CNC1CCCN(c2ccc(CN3CCN(c4c(F)cc5c(=O)c(C(=O)O)cn6c5c4OC[C@@H]6C)CC3)cn2)C1. The van der Waals surface area contributed by atoms with Crippen LogP contribution in [0.25, 0.3) is 10.9 Å². The second kappa shape index (κ2) is 10.7. The Bertz CT molecular complexity index is 1480. The average molecular weight is 551 g/mol. The summed E-state index contributed by atoms with van der Waals surface area (Å²) < 4.78 is 23.3. The molecule has 2 N–H and O–H groups in total. The summed E-state index contributed by atoms with van der Waals surface area (Å²) in [6.45, 7) is 7.55. The van der Waals surface area contributed by atoms with Crippen LogP contribution in [0.1, 0.15) is 41.7 Å². The zero-order valence-corrected chi connectivity index (χ0v) is 22.9. The number of hydrogen-bond acceptors (Lipinski definition) is 8. The molecule has 0 aliphatic carbocycles. The highest BCUT2D eigenvalue weighted by atomic mass is 19.1. The molecule has 11 heteroatoms. The summed E-state index contributed by atoms with van der Waals surface area (Å²) in [6, 6.07) is 5.72. The van der Waals surface area contributed by atoms with Crippen molar-refractivity contribution in [1.29, 1.82) is 0 Å². The van der Waals surface area contributed by atoms with E-state index in [0.29, 0.717) is 36.1 Å². The lowest BCUT2D eigenvalue weighted by molar-refractivity contribution is 0.0694. The van der Waals surface area contributed by atoms with E-state index >= 15 is 4.39 Å². The molecular formula is C29H35FN6O4. The number of ether oxygens (including phenoxy) is 1. The molecule has 2 aromatic heterocycles. The number of halogens is 1. The first kappa shape index (κ1) is 26.5. The van der Waals surface area contributed by atoms with Crippen molar-refractivity contribution in [1.82, 2.24) is 19.8 Å². The van der Waals surface area contributed by atoms with Crippen molar-refractivity contribution in [3.05, 3.63) is 57.8 Å². The number of carbonyl (C=O) groups is 1. The van der Waals surface area contributed by atoms with Crippen LogP contribution in [0, 0.1) is 5.82 Å². The predicted molar refractivity (Wildman–Crippen MR) is 151 cm³/mol. The topological polar surface area (TPSA) is 103 Å². The van der Waals surface area contributed by atoms with Crippen molar-refractivity contribution >= 4 is 28.4 Å². The first-order valence-corrected chi connectivity index (χ1v) is 14.0. The molecule has 40 heavy (non-hydrogen) atoms. The zero-order chi connectivity index (χ0) is 28.0. The molecular weight excluding hydrogens is 515 g/mol. The Balaban J connectivity index is 1.18. The summed E-state index contributed by atoms with van der Waals surface area (Å²) in [7, 11) is 2.01. The number of aromatic nitrogens is 2. The van der Waals surface area contributed by atoms with Gasteiger partial charge < -0.3 is 29.5 Å². The third-order valence-electron chi connectivity index (χ3n) is 8.43. The van der Waals surface area contributed by atoms with Crippen LogP contribution < -0.4 is 25.3 Å². The molecule has 6 rings (SSSR count). The van der Waals surface area contributed by atoms with E-state index in [2.05, 4.69) is 27.2 Å². The van der Waals surface area contributed by atoms with E-state index in [9.17, 15) is 14.7 Å². The van der Waals surface area contributed by atoms with Gasteiger partial charge in [-0.05, 0) is 44.5 Å². The fourth-order valence-electron chi connectivity index (χ4n) is 6.16. The van der Waals surface area contributed by atoms with Crippen LogP contribution in [0.2, 0.25) is 0 Å². The van der Waals surface area contributed by atoms with Gasteiger partial charge in [0.2, 0.25) is 5.43 Å². The normalized spacial score (nSPS) is 21.5. The van der Waals surface area contributed by atoms with E-state index in [1.54, 1.807) is 4.57 Å². The van der Waals surface area contributed by atoms with Crippen molar-refractivity contribution in [2.45, 2.75) is 38.4 Å². The Morgan fingerprint density at radius 2 is 2.00 bits per heavy atom. The van der Waals surface area contributed by atoms with Gasteiger partial charge in [-0.3, -0.25) is 9.69 Å². The molecule has 2 fully saturated rings. The number of pyridine rings is 2. The number of piperazine rings is 1. The number of aromatic carboxylic acids is 1. The van der Waals surface area contributed by atoms with Crippen LogP contribution in [-0.4, -0.2) is 84.5 Å². The van der Waals surface area contributed by atoms with E-state index in [1.807, 2.05) is 25.1 Å². The summed E-state index contributed by atoms with van der Waals surface area (Å²) in [4.78, 5) is 35.9. The number of nitrogens with one attached hydrogen (secondary N) is 1. The van der Waals surface area contributed by atoms with E-state index in [4.69, 9.17) is 9.72 Å². The highest BCUT2D eigenvalue weighted by molar-refractivity contribution is 5.97. The van der Waals surface area contributed by atoms with Crippen LogP contribution in [0.15, 0.2) is 35.4 Å². The van der Waals surface area contributed by atoms with Gasteiger partial charge in [0.1, 0.15) is 23.7 Å². The maximum Gasteiger partial charge on any atom is 0.341 e. The van der Waals surface area contributed by atoms with E-state index < -0.39 is 17.2 Å². The molecule has 1 aromatic carbocycles. The molecule has 10 nitrogen and oxygen atoms in total. The van der Waals surface area contributed by atoms with Gasteiger partial charge in [-0.25, -0.2) is 14.2 Å². The number of rotatable bonds is 6. The first-order valence-electron chi connectivity index (χ1n) is 14.0. The summed E-state index contributed by atoms with van der Waals surface area (Å²) in [5.41, 5.74) is 0.862. The second-order valence-corrected chi connectivity index (χ2v) is 11.0. The highest BCUT2D eigenvalue weighted by Gasteiger charge is 2.31. The minimum absolute atomic E-state index is 0.0308. The van der Waals surface area contributed by atoms with Crippen LogP contribution >= 0.6 is 0 Å². The quantitative estimate of drug-likeness (QED) is 0.480. The van der Waals surface area contributed by atoms with Gasteiger partial charge in [0.15, 0.2) is 11.6 Å². The lowest BCUT2D eigenvalue weighted by atomic mass is 10.1. The smallest absolute Gasteiger partial charge is 0.341 e. The van der Waals surface area contributed by atoms with Gasteiger partial charge in [-0.2, -0.15) is 0 Å². The predicted octanol–water partition coefficient (Wildman–Crippen LogP) is 2.70.